The van der Waals surface area contributed by atoms with Gasteiger partial charge < -0.3 is 14.7 Å². The van der Waals surface area contributed by atoms with Crippen molar-refractivity contribution in [1.29, 1.82) is 0 Å². The van der Waals surface area contributed by atoms with Crippen molar-refractivity contribution in [1.82, 2.24) is 4.90 Å². The normalized spacial score (nSPS) is 16.9. The van der Waals surface area contributed by atoms with Gasteiger partial charge in [-0.1, -0.05) is 60.7 Å². The third-order valence-corrected chi connectivity index (χ3v) is 4.37. The van der Waals surface area contributed by atoms with Gasteiger partial charge in [-0.15, -0.1) is 0 Å². The summed E-state index contributed by atoms with van der Waals surface area (Å²) >= 11 is 0. The fourth-order valence-electron chi connectivity index (χ4n) is 3.11. The molecule has 26 heavy (non-hydrogen) atoms. The highest BCUT2D eigenvalue weighted by molar-refractivity contribution is 6.18. The summed E-state index contributed by atoms with van der Waals surface area (Å²) in [5.74, 6) is -1.48. The van der Waals surface area contributed by atoms with Gasteiger partial charge in [0, 0.05) is 13.0 Å². The number of rotatable bonds is 6. The minimum Gasteiger partial charge on any atom is -0.509 e. The number of hydrogen-bond donors (Lipinski definition) is 1. The van der Waals surface area contributed by atoms with Crippen molar-refractivity contribution in [3.63, 3.8) is 0 Å². The molecule has 5 nitrogen and oxygen atoms in total. The summed E-state index contributed by atoms with van der Waals surface area (Å²) in [6.07, 6.45) is 0.425. The van der Waals surface area contributed by atoms with Crippen LogP contribution >= 0.6 is 0 Å². The number of carbonyl (C=O) groups is 2. The Morgan fingerprint density at radius 1 is 1.04 bits per heavy atom. The van der Waals surface area contributed by atoms with Gasteiger partial charge in [-0.05, 0) is 18.1 Å². The molecule has 0 unspecified atom stereocenters. The first-order valence-corrected chi connectivity index (χ1v) is 8.61. The van der Waals surface area contributed by atoms with Crippen LogP contribution in [0.15, 0.2) is 72.0 Å². The molecule has 0 aliphatic carbocycles. The Kier molecular flexibility index (Phi) is 5.37. The van der Waals surface area contributed by atoms with Crippen molar-refractivity contribution < 1.29 is 19.4 Å². The second-order valence-electron chi connectivity index (χ2n) is 6.10. The summed E-state index contributed by atoms with van der Waals surface area (Å²) < 4.78 is 4.96. The fraction of sp³-hybridized carbons (Fsp3) is 0.238. The molecule has 0 saturated heterocycles. The average Bonchev–Trinajstić information content (AvgIpc) is 2.88. The van der Waals surface area contributed by atoms with Crippen LogP contribution in [0.5, 0.6) is 0 Å². The van der Waals surface area contributed by atoms with E-state index in [1.807, 2.05) is 60.7 Å². The minimum atomic E-state index is -0.774. The molecule has 1 amide bonds. The lowest BCUT2D eigenvalue weighted by molar-refractivity contribution is -0.141. The quantitative estimate of drug-likeness (QED) is 0.642. The van der Waals surface area contributed by atoms with Gasteiger partial charge in [0.25, 0.3) is 5.91 Å². The Morgan fingerprint density at radius 2 is 1.62 bits per heavy atom. The highest BCUT2D eigenvalue weighted by Gasteiger charge is 2.43. The molecule has 0 fully saturated rings. The molecule has 0 bridgehead atoms. The number of hydrogen-bond acceptors (Lipinski definition) is 4. The van der Waals surface area contributed by atoms with E-state index in [1.54, 1.807) is 6.92 Å². The van der Waals surface area contributed by atoms with Crippen LogP contribution in [0, 0.1) is 0 Å². The van der Waals surface area contributed by atoms with Crippen molar-refractivity contribution in [2.75, 3.05) is 6.61 Å². The molecule has 2 aromatic rings. The van der Waals surface area contributed by atoms with E-state index in [4.69, 9.17) is 4.74 Å². The van der Waals surface area contributed by atoms with Crippen molar-refractivity contribution in [2.24, 2.45) is 0 Å². The van der Waals surface area contributed by atoms with Crippen molar-refractivity contribution in [2.45, 2.75) is 25.9 Å². The van der Waals surface area contributed by atoms with E-state index in [1.165, 1.54) is 4.90 Å². The maximum Gasteiger partial charge on any atom is 0.347 e. The Bertz CT molecular complexity index is 814. The van der Waals surface area contributed by atoms with E-state index in [9.17, 15) is 14.7 Å². The van der Waals surface area contributed by atoms with Gasteiger partial charge in [0.15, 0.2) is 5.57 Å². The molecule has 1 aliphatic rings. The molecule has 2 aromatic carbocycles. The third-order valence-electron chi connectivity index (χ3n) is 4.37. The molecule has 1 heterocycles. The summed E-state index contributed by atoms with van der Waals surface area (Å²) in [7, 11) is 0. The first-order chi connectivity index (χ1) is 12.6. The molecule has 5 heteroatoms. The summed E-state index contributed by atoms with van der Waals surface area (Å²) in [6.45, 7) is 2.12. The predicted molar refractivity (Wildman–Crippen MR) is 97.2 cm³/mol. The van der Waals surface area contributed by atoms with Gasteiger partial charge in [0.1, 0.15) is 5.76 Å². The molecule has 3 rings (SSSR count). The maximum absolute atomic E-state index is 12.8. The van der Waals surface area contributed by atoms with Crippen LogP contribution in [0.3, 0.4) is 0 Å². The zero-order valence-corrected chi connectivity index (χ0v) is 14.6. The van der Waals surface area contributed by atoms with Crippen LogP contribution in [0.2, 0.25) is 0 Å². The standard InChI is InChI=1S/C21H21NO4/c1-2-26-21(25)18-19(23)17(13-15-9-5-3-6-10-15)22(20(18)24)14-16-11-7-4-8-12-16/h3-12,17,23H,2,13-14H2,1H3/t17-/m0/s1. The number of aliphatic hydroxyl groups excluding tert-OH is 1. The van der Waals surface area contributed by atoms with E-state index in [0.717, 1.165) is 11.1 Å². The zero-order chi connectivity index (χ0) is 18.5. The Morgan fingerprint density at radius 3 is 2.19 bits per heavy atom. The highest BCUT2D eigenvalue weighted by Crippen LogP contribution is 2.29. The topological polar surface area (TPSA) is 66.8 Å². The van der Waals surface area contributed by atoms with E-state index < -0.39 is 17.9 Å². The van der Waals surface area contributed by atoms with E-state index in [2.05, 4.69) is 0 Å². The van der Waals surface area contributed by atoms with Gasteiger partial charge in [-0.2, -0.15) is 0 Å². The number of benzene rings is 2. The lowest BCUT2D eigenvalue weighted by Crippen LogP contribution is -2.37. The van der Waals surface area contributed by atoms with E-state index in [-0.39, 0.29) is 17.9 Å². The second kappa shape index (κ2) is 7.87. The lowest BCUT2D eigenvalue weighted by atomic mass is 10.0. The second-order valence-corrected chi connectivity index (χ2v) is 6.10. The zero-order valence-electron chi connectivity index (χ0n) is 14.6. The number of nitrogens with zero attached hydrogens (tertiary/aromatic N) is 1. The summed E-state index contributed by atoms with van der Waals surface area (Å²) in [5.41, 5.74) is 1.64. The lowest BCUT2D eigenvalue weighted by Gasteiger charge is -2.25. The van der Waals surface area contributed by atoms with Gasteiger partial charge >= 0.3 is 5.97 Å². The Labute approximate surface area is 152 Å². The molecule has 134 valence electrons. The Balaban J connectivity index is 1.92. The highest BCUT2D eigenvalue weighted by atomic mass is 16.5. The summed E-state index contributed by atoms with van der Waals surface area (Å²) in [4.78, 5) is 26.6. The van der Waals surface area contributed by atoms with Gasteiger partial charge in [-0.3, -0.25) is 4.79 Å². The fourth-order valence-corrected chi connectivity index (χ4v) is 3.11. The molecular weight excluding hydrogens is 330 g/mol. The van der Waals surface area contributed by atoms with E-state index in [0.29, 0.717) is 13.0 Å². The molecule has 0 saturated carbocycles. The van der Waals surface area contributed by atoms with E-state index >= 15 is 0 Å². The maximum atomic E-state index is 12.8. The molecule has 0 spiro atoms. The van der Waals surface area contributed by atoms with Crippen LogP contribution in [0.1, 0.15) is 18.1 Å². The first kappa shape index (κ1) is 17.7. The van der Waals surface area contributed by atoms with Crippen LogP contribution in [-0.4, -0.2) is 34.5 Å². The smallest absolute Gasteiger partial charge is 0.347 e. The molecule has 0 radical (unpaired) electrons. The minimum absolute atomic E-state index is 0.144. The summed E-state index contributed by atoms with van der Waals surface area (Å²) in [5, 5.41) is 10.6. The molecular formula is C21H21NO4. The Hall–Kier alpha value is -3.08. The van der Waals surface area contributed by atoms with Gasteiger partial charge in [-0.25, -0.2) is 4.79 Å². The van der Waals surface area contributed by atoms with Gasteiger partial charge in [0.05, 0.1) is 12.6 Å². The number of amides is 1. The number of aliphatic hydroxyl groups is 1. The molecule has 1 N–H and O–H groups in total. The van der Waals surface area contributed by atoms with Gasteiger partial charge in [0.2, 0.25) is 0 Å². The van der Waals surface area contributed by atoms with Crippen molar-refractivity contribution >= 4 is 11.9 Å². The van der Waals surface area contributed by atoms with Crippen LogP contribution in [0.25, 0.3) is 0 Å². The van der Waals surface area contributed by atoms with Crippen LogP contribution in [0.4, 0.5) is 0 Å². The number of ether oxygens (including phenoxy) is 1. The van der Waals surface area contributed by atoms with Crippen LogP contribution < -0.4 is 0 Å². The monoisotopic (exact) mass is 351 g/mol. The van der Waals surface area contributed by atoms with Crippen molar-refractivity contribution in [3.05, 3.63) is 83.1 Å². The molecule has 0 aromatic heterocycles. The molecule has 1 aliphatic heterocycles. The van der Waals surface area contributed by atoms with Crippen molar-refractivity contribution in [3.8, 4) is 0 Å². The largest absolute Gasteiger partial charge is 0.509 e. The van der Waals surface area contributed by atoms with Crippen LogP contribution in [-0.2, 0) is 27.3 Å². The number of carbonyl (C=O) groups excluding carboxylic acids is 2. The molecule has 1 atom stereocenters. The number of esters is 1. The predicted octanol–water partition coefficient (Wildman–Crippen LogP) is 3.02. The third kappa shape index (κ3) is 3.61. The summed E-state index contributed by atoms with van der Waals surface area (Å²) in [6, 6.07) is 18.5. The SMILES string of the molecule is CCOC(=O)C1=C(O)[C@H](Cc2ccccc2)N(Cc2ccccc2)C1=O. The first-order valence-electron chi connectivity index (χ1n) is 8.61. The average molecular weight is 351 g/mol.